The summed E-state index contributed by atoms with van der Waals surface area (Å²) < 4.78 is 0. The van der Waals surface area contributed by atoms with Crippen LogP contribution < -0.4 is 0 Å². The molecule has 6 nitrogen and oxygen atoms in total. The summed E-state index contributed by atoms with van der Waals surface area (Å²) in [5, 5.41) is 0. The molecule has 1 fully saturated rings. The largest absolute Gasteiger partial charge is 0.304 e. The Morgan fingerprint density at radius 3 is 2.46 bits per heavy atom. The molecule has 1 aliphatic rings. The molecule has 0 saturated carbocycles. The first-order valence-corrected chi connectivity index (χ1v) is 12.9. The van der Waals surface area contributed by atoms with E-state index in [1.54, 1.807) is 12.4 Å². The highest BCUT2D eigenvalue weighted by Gasteiger charge is 2.15. The van der Waals surface area contributed by atoms with Gasteiger partial charge in [0, 0.05) is 75.3 Å². The van der Waals surface area contributed by atoms with Gasteiger partial charge in [-0.1, -0.05) is 42.5 Å². The van der Waals surface area contributed by atoms with Crippen LogP contribution >= 0.6 is 0 Å². The molecule has 4 aromatic rings. The zero-order valence-electron chi connectivity index (χ0n) is 21.6. The molecule has 37 heavy (non-hydrogen) atoms. The highest BCUT2D eigenvalue weighted by atomic mass is 16.1. The van der Waals surface area contributed by atoms with E-state index >= 15 is 0 Å². The molecule has 0 unspecified atom stereocenters. The van der Waals surface area contributed by atoms with Crippen molar-refractivity contribution >= 4 is 5.78 Å². The van der Waals surface area contributed by atoms with Gasteiger partial charge in [-0.25, -0.2) is 9.97 Å². The molecule has 6 heteroatoms. The second-order valence-electron chi connectivity index (χ2n) is 9.91. The van der Waals surface area contributed by atoms with Gasteiger partial charge in [0.2, 0.25) is 0 Å². The van der Waals surface area contributed by atoms with Crippen LogP contribution in [0.1, 0.15) is 38.4 Å². The Labute approximate surface area is 219 Å². The Kier molecular flexibility index (Phi) is 7.78. The summed E-state index contributed by atoms with van der Waals surface area (Å²) in [5.74, 6) is 0.889. The van der Waals surface area contributed by atoms with Gasteiger partial charge in [-0.3, -0.25) is 14.7 Å². The lowest BCUT2D eigenvalue weighted by Gasteiger charge is -2.32. The number of carbonyl (C=O) groups excluding carboxylic acids is 1. The lowest BCUT2D eigenvalue weighted by Crippen LogP contribution is -2.43. The van der Waals surface area contributed by atoms with Crippen molar-refractivity contribution in [1.29, 1.82) is 0 Å². The molecular weight excluding hydrogens is 458 g/mol. The Morgan fingerprint density at radius 2 is 1.70 bits per heavy atom. The molecule has 3 heterocycles. The van der Waals surface area contributed by atoms with Crippen LogP contribution in [0.15, 0.2) is 79.3 Å². The van der Waals surface area contributed by atoms with Crippen LogP contribution in [0, 0.1) is 6.92 Å². The van der Waals surface area contributed by atoms with E-state index in [2.05, 4.69) is 58.0 Å². The number of nitrogens with zero attached hydrogens (tertiary/aromatic N) is 5. The Hall–Kier alpha value is -3.74. The standard InChI is InChI=1S/C31H33N5O/c1-23-5-6-25(18-28(23)20-31-33-13-11-29(34-31)27-4-3-12-32-21-27)19-30(37)26-9-7-24(8-10-26)22-36-16-14-35(2)15-17-36/h3-13,18,21H,14-17,19-20,22H2,1-2H3. The van der Waals surface area contributed by atoms with Gasteiger partial charge in [0.25, 0.3) is 0 Å². The molecule has 0 spiro atoms. The third kappa shape index (κ3) is 6.53. The van der Waals surface area contributed by atoms with Crippen molar-refractivity contribution in [3.05, 3.63) is 113 Å². The first kappa shape index (κ1) is 24.9. The molecule has 2 aromatic carbocycles. The Morgan fingerprint density at radius 1 is 0.919 bits per heavy atom. The van der Waals surface area contributed by atoms with E-state index in [0.29, 0.717) is 12.8 Å². The quantitative estimate of drug-likeness (QED) is 0.336. The van der Waals surface area contributed by atoms with Crippen LogP contribution in [-0.2, 0) is 19.4 Å². The Bertz CT molecular complexity index is 1350. The topological polar surface area (TPSA) is 62.2 Å². The molecule has 5 rings (SSSR count). The van der Waals surface area contributed by atoms with Crippen molar-refractivity contribution in [2.45, 2.75) is 26.3 Å². The van der Waals surface area contributed by atoms with Gasteiger partial charge < -0.3 is 4.90 Å². The summed E-state index contributed by atoms with van der Waals surface area (Å²) in [7, 11) is 2.17. The number of pyridine rings is 1. The number of Topliss-reactive ketones (excluding diaryl/α,β-unsaturated/α-hetero) is 1. The van der Waals surface area contributed by atoms with Crippen molar-refractivity contribution in [1.82, 2.24) is 24.8 Å². The maximum Gasteiger partial charge on any atom is 0.167 e. The van der Waals surface area contributed by atoms with E-state index in [9.17, 15) is 4.79 Å². The molecule has 0 N–H and O–H groups in total. The molecule has 0 radical (unpaired) electrons. The van der Waals surface area contributed by atoms with E-state index in [-0.39, 0.29) is 5.78 Å². The minimum absolute atomic E-state index is 0.135. The lowest BCUT2D eigenvalue weighted by atomic mass is 9.97. The van der Waals surface area contributed by atoms with Gasteiger partial charge >= 0.3 is 0 Å². The molecule has 0 atom stereocenters. The minimum atomic E-state index is 0.135. The molecule has 1 aliphatic heterocycles. The maximum atomic E-state index is 13.1. The van der Waals surface area contributed by atoms with E-state index < -0.39 is 0 Å². The number of hydrogen-bond donors (Lipinski definition) is 0. The van der Waals surface area contributed by atoms with Gasteiger partial charge in [-0.2, -0.15) is 0 Å². The van der Waals surface area contributed by atoms with Crippen molar-refractivity contribution in [2.75, 3.05) is 33.2 Å². The fourth-order valence-electron chi connectivity index (χ4n) is 4.70. The number of carbonyl (C=O) groups is 1. The smallest absolute Gasteiger partial charge is 0.167 e. The summed E-state index contributed by atoms with van der Waals surface area (Å²) in [4.78, 5) is 31.3. The minimum Gasteiger partial charge on any atom is -0.304 e. The highest BCUT2D eigenvalue weighted by molar-refractivity contribution is 5.97. The molecule has 0 bridgehead atoms. The van der Waals surface area contributed by atoms with Crippen LogP contribution in [0.25, 0.3) is 11.3 Å². The van der Waals surface area contributed by atoms with Crippen LogP contribution in [0.2, 0.25) is 0 Å². The van der Waals surface area contributed by atoms with Crippen LogP contribution in [0.3, 0.4) is 0 Å². The predicted molar refractivity (Wildman–Crippen MR) is 146 cm³/mol. The van der Waals surface area contributed by atoms with Gasteiger partial charge in [0.1, 0.15) is 5.82 Å². The Balaban J connectivity index is 1.24. The average molecular weight is 492 g/mol. The van der Waals surface area contributed by atoms with Crippen LogP contribution in [0.5, 0.6) is 0 Å². The zero-order chi connectivity index (χ0) is 25.6. The number of piperazine rings is 1. The summed E-state index contributed by atoms with van der Waals surface area (Å²) >= 11 is 0. The third-order valence-corrected chi connectivity index (χ3v) is 7.07. The number of ketones is 1. The second kappa shape index (κ2) is 11.5. The van der Waals surface area contributed by atoms with Crippen molar-refractivity contribution in [3.63, 3.8) is 0 Å². The lowest BCUT2D eigenvalue weighted by molar-refractivity contribution is 0.0993. The fourth-order valence-corrected chi connectivity index (χ4v) is 4.70. The van der Waals surface area contributed by atoms with Crippen LogP contribution in [-0.4, -0.2) is 63.8 Å². The zero-order valence-corrected chi connectivity index (χ0v) is 21.6. The number of rotatable bonds is 8. The molecule has 2 aromatic heterocycles. The molecule has 0 amide bonds. The van der Waals surface area contributed by atoms with E-state index in [1.807, 2.05) is 42.6 Å². The van der Waals surface area contributed by atoms with E-state index in [0.717, 1.165) is 66.5 Å². The fraction of sp³-hybridized carbons (Fsp3) is 0.290. The summed E-state index contributed by atoms with van der Waals surface area (Å²) in [6.45, 7) is 7.42. The van der Waals surface area contributed by atoms with Crippen LogP contribution in [0.4, 0.5) is 0 Å². The first-order chi connectivity index (χ1) is 18.0. The van der Waals surface area contributed by atoms with Crippen molar-refractivity contribution in [3.8, 4) is 11.3 Å². The van der Waals surface area contributed by atoms with Crippen molar-refractivity contribution < 1.29 is 4.79 Å². The molecular formula is C31H33N5O. The van der Waals surface area contributed by atoms with Gasteiger partial charge in [0.05, 0.1) is 5.69 Å². The number of hydrogen-bond acceptors (Lipinski definition) is 6. The molecule has 188 valence electrons. The number of aromatic nitrogens is 3. The van der Waals surface area contributed by atoms with E-state index in [4.69, 9.17) is 4.98 Å². The second-order valence-corrected chi connectivity index (χ2v) is 9.91. The SMILES string of the molecule is Cc1ccc(CC(=O)c2ccc(CN3CCN(C)CC3)cc2)cc1Cc1nccc(-c2cccnc2)n1. The summed E-state index contributed by atoms with van der Waals surface area (Å²) in [6, 6.07) is 20.2. The van der Waals surface area contributed by atoms with Gasteiger partial charge in [0.15, 0.2) is 5.78 Å². The molecule has 1 saturated heterocycles. The molecule has 0 aliphatic carbocycles. The predicted octanol–water partition coefficient (Wildman–Crippen LogP) is 4.61. The summed E-state index contributed by atoms with van der Waals surface area (Å²) in [5.41, 5.74) is 7.16. The third-order valence-electron chi connectivity index (χ3n) is 7.07. The number of likely N-dealkylation sites (N-methyl/N-ethyl adjacent to an activating group) is 1. The van der Waals surface area contributed by atoms with Crippen molar-refractivity contribution in [2.24, 2.45) is 0 Å². The van der Waals surface area contributed by atoms with Gasteiger partial charge in [-0.05, 0) is 54.4 Å². The number of aryl methyl sites for hydroxylation is 1. The monoisotopic (exact) mass is 491 g/mol. The average Bonchev–Trinajstić information content (AvgIpc) is 2.93. The van der Waals surface area contributed by atoms with Gasteiger partial charge in [-0.15, -0.1) is 0 Å². The normalized spacial score (nSPS) is 14.5. The maximum absolute atomic E-state index is 13.1. The number of benzene rings is 2. The van der Waals surface area contributed by atoms with E-state index in [1.165, 1.54) is 11.1 Å². The summed E-state index contributed by atoms with van der Waals surface area (Å²) in [6.07, 6.45) is 6.35. The highest BCUT2D eigenvalue weighted by Crippen LogP contribution is 2.19. The first-order valence-electron chi connectivity index (χ1n) is 12.9.